The summed E-state index contributed by atoms with van der Waals surface area (Å²) in [6.45, 7) is 0. The minimum atomic E-state index is -0.729. The molecule has 0 fully saturated rings. The Kier molecular flexibility index (Phi) is 5.14. The molecule has 1 unspecified atom stereocenters. The molecule has 1 atom stereocenters. The van der Waals surface area contributed by atoms with Crippen molar-refractivity contribution in [1.82, 2.24) is 5.32 Å². The van der Waals surface area contributed by atoms with Gasteiger partial charge in [0.05, 0.1) is 5.02 Å². The van der Waals surface area contributed by atoms with Crippen LogP contribution in [-0.2, 0) is 6.42 Å². The van der Waals surface area contributed by atoms with Crippen LogP contribution in [0.4, 0.5) is 13.2 Å². The molecule has 1 nitrogen and oxygen atoms in total. The van der Waals surface area contributed by atoms with Crippen LogP contribution in [0, 0.1) is 17.5 Å². The number of hydrogen-bond acceptors (Lipinski definition) is 1. The highest BCUT2D eigenvalue weighted by Gasteiger charge is 2.20. The topological polar surface area (TPSA) is 12.0 Å². The molecule has 0 aromatic heterocycles. The Morgan fingerprint density at radius 3 is 2.33 bits per heavy atom. The van der Waals surface area contributed by atoms with Crippen molar-refractivity contribution < 1.29 is 13.2 Å². The van der Waals surface area contributed by atoms with Crippen molar-refractivity contribution in [2.24, 2.45) is 0 Å². The van der Waals surface area contributed by atoms with Gasteiger partial charge >= 0.3 is 0 Å². The summed E-state index contributed by atoms with van der Waals surface area (Å²) in [5.41, 5.74) is 0.312. The standard InChI is InChI=1S/C15H12Cl2F3N/c1-21-15(6-8-10(16)3-2-4-12(8)18)9-5-14(20)11(17)7-13(9)19/h2-5,7,15,21H,6H2,1H3. The van der Waals surface area contributed by atoms with Crippen molar-refractivity contribution in [1.29, 1.82) is 0 Å². The van der Waals surface area contributed by atoms with E-state index in [0.717, 1.165) is 12.1 Å². The summed E-state index contributed by atoms with van der Waals surface area (Å²) in [6.07, 6.45) is 0.0833. The Balaban J connectivity index is 2.39. The van der Waals surface area contributed by atoms with Crippen LogP contribution in [-0.4, -0.2) is 7.05 Å². The maximum Gasteiger partial charge on any atom is 0.142 e. The zero-order valence-electron chi connectivity index (χ0n) is 11.1. The van der Waals surface area contributed by atoms with Crippen LogP contribution >= 0.6 is 23.2 Å². The van der Waals surface area contributed by atoms with Crippen LogP contribution in [0.1, 0.15) is 17.2 Å². The lowest BCUT2D eigenvalue weighted by atomic mass is 9.98. The fourth-order valence-electron chi connectivity index (χ4n) is 2.10. The van der Waals surface area contributed by atoms with Gasteiger partial charge in [0.15, 0.2) is 0 Å². The highest BCUT2D eigenvalue weighted by atomic mass is 35.5. The van der Waals surface area contributed by atoms with Gasteiger partial charge in [0, 0.05) is 22.2 Å². The first-order valence-corrected chi connectivity index (χ1v) is 6.94. The van der Waals surface area contributed by atoms with Crippen molar-refractivity contribution in [2.45, 2.75) is 12.5 Å². The average molecular weight is 334 g/mol. The number of halogens is 5. The molecule has 1 N–H and O–H groups in total. The molecule has 0 aliphatic heterocycles. The SMILES string of the molecule is CNC(Cc1c(F)cccc1Cl)c1cc(F)c(Cl)cc1F. The maximum atomic E-state index is 14.0. The summed E-state index contributed by atoms with van der Waals surface area (Å²) >= 11 is 11.5. The van der Waals surface area contributed by atoms with Crippen LogP contribution in [0.15, 0.2) is 30.3 Å². The van der Waals surface area contributed by atoms with Crippen LogP contribution in [0.3, 0.4) is 0 Å². The van der Waals surface area contributed by atoms with E-state index in [0.29, 0.717) is 0 Å². The minimum absolute atomic E-state index is 0.0683. The van der Waals surface area contributed by atoms with Crippen LogP contribution < -0.4 is 5.32 Å². The van der Waals surface area contributed by atoms with E-state index < -0.39 is 23.5 Å². The maximum absolute atomic E-state index is 14.0. The predicted molar refractivity (Wildman–Crippen MR) is 78.3 cm³/mol. The zero-order chi connectivity index (χ0) is 15.6. The molecule has 0 saturated heterocycles. The number of benzene rings is 2. The highest BCUT2D eigenvalue weighted by molar-refractivity contribution is 6.31. The van der Waals surface area contributed by atoms with Crippen LogP contribution in [0.25, 0.3) is 0 Å². The van der Waals surface area contributed by atoms with E-state index in [-0.39, 0.29) is 27.6 Å². The van der Waals surface area contributed by atoms with Crippen LogP contribution in [0.2, 0.25) is 10.0 Å². The van der Waals surface area contributed by atoms with E-state index in [1.807, 2.05) is 0 Å². The summed E-state index contributed by atoms with van der Waals surface area (Å²) in [5.74, 6) is -1.88. The molecule has 112 valence electrons. The second kappa shape index (κ2) is 6.69. The molecule has 6 heteroatoms. The van der Waals surface area contributed by atoms with E-state index >= 15 is 0 Å². The summed E-state index contributed by atoms with van der Waals surface area (Å²) in [7, 11) is 1.57. The molecule has 0 heterocycles. The Morgan fingerprint density at radius 1 is 1.00 bits per heavy atom. The average Bonchev–Trinajstić information content (AvgIpc) is 2.43. The lowest BCUT2D eigenvalue weighted by Crippen LogP contribution is -2.21. The van der Waals surface area contributed by atoms with Gasteiger partial charge in [-0.25, -0.2) is 13.2 Å². The number of rotatable bonds is 4. The fourth-order valence-corrected chi connectivity index (χ4v) is 2.49. The second-order valence-electron chi connectivity index (χ2n) is 4.53. The molecular weight excluding hydrogens is 322 g/mol. The normalized spacial score (nSPS) is 12.5. The predicted octanol–water partition coefficient (Wildman–Crippen LogP) is 4.91. The highest BCUT2D eigenvalue weighted by Crippen LogP contribution is 2.29. The molecular formula is C15H12Cl2F3N. The van der Waals surface area contributed by atoms with Crippen molar-refractivity contribution in [3.63, 3.8) is 0 Å². The van der Waals surface area contributed by atoms with Crippen molar-refractivity contribution in [3.05, 3.63) is 69.0 Å². The third-order valence-electron chi connectivity index (χ3n) is 3.23. The monoisotopic (exact) mass is 333 g/mol. The first-order valence-electron chi connectivity index (χ1n) is 6.18. The van der Waals surface area contributed by atoms with E-state index in [1.54, 1.807) is 13.1 Å². The van der Waals surface area contributed by atoms with Gasteiger partial charge in [0.2, 0.25) is 0 Å². The molecule has 0 spiro atoms. The summed E-state index contributed by atoms with van der Waals surface area (Å²) in [6, 6.07) is 5.58. The van der Waals surface area contributed by atoms with Gasteiger partial charge in [0.25, 0.3) is 0 Å². The van der Waals surface area contributed by atoms with Gasteiger partial charge in [-0.1, -0.05) is 29.3 Å². The molecule has 0 bridgehead atoms. The van der Waals surface area contributed by atoms with Gasteiger partial charge in [-0.2, -0.15) is 0 Å². The molecule has 2 rings (SSSR count). The first kappa shape index (κ1) is 16.1. The zero-order valence-corrected chi connectivity index (χ0v) is 12.6. The smallest absolute Gasteiger partial charge is 0.142 e. The molecule has 2 aromatic rings. The van der Waals surface area contributed by atoms with Crippen molar-refractivity contribution in [2.75, 3.05) is 7.05 Å². The number of hydrogen-bond donors (Lipinski definition) is 1. The summed E-state index contributed by atoms with van der Waals surface area (Å²) < 4.78 is 41.3. The molecule has 0 radical (unpaired) electrons. The lowest BCUT2D eigenvalue weighted by molar-refractivity contribution is 0.512. The molecule has 0 aliphatic rings. The number of nitrogens with one attached hydrogen (secondary N) is 1. The Labute approximate surface area is 130 Å². The van der Waals surface area contributed by atoms with E-state index in [1.165, 1.54) is 12.1 Å². The number of likely N-dealkylation sites (N-methyl/N-ethyl adjacent to an activating group) is 1. The van der Waals surface area contributed by atoms with Crippen LogP contribution in [0.5, 0.6) is 0 Å². The largest absolute Gasteiger partial charge is 0.313 e. The lowest BCUT2D eigenvalue weighted by Gasteiger charge is -2.19. The van der Waals surface area contributed by atoms with Gasteiger partial charge in [0.1, 0.15) is 17.5 Å². The summed E-state index contributed by atoms with van der Waals surface area (Å²) in [4.78, 5) is 0. The van der Waals surface area contributed by atoms with Gasteiger partial charge in [-0.15, -0.1) is 0 Å². The third kappa shape index (κ3) is 3.51. The first-order chi connectivity index (χ1) is 9.93. The Hall–Kier alpha value is -1.23. The third-order valence-corrected chi connectivity index (χ3v) is 3.88. The molecule has 0 saturated carbocycles. The van der Waals surface area contributed by atoms with Gasteiger partial charge in [-0.05, 0) is 37.7 Å². The van der Waals surface area contributed by atoms with E-state index in [9.17, 15) is 13.2 Å². The molecule has 0 amide bonds. The van der Waals surface area contributed by atoms with E-state index in [4.69, 9.17) is 23.2 Å². The minimum Gasteiger partial charge on any atom is -0.313 e. The summed E-state index contributed by atoms with van der Waals surface area (Å²) in [5, 5.41) is 2.78. The molecule has 0 aliphatic carbocycles. The quantitative estimate of drug-likeness (QED) is 0.783. The van der Waals surface area contributed by atoms with E-state index in [2.05, 4.69) is 5.32 Å². The van der Waals surface area contributed by atoms with Gasteiger partial charge < -0.3 is 5.32 Å². The molecule has 21 heavy (non-hydrogen) atoms. The van der Waals surface area contributed by atoms with Crippen molar-refractivity contribution >= 4 is 23.2 Å². The second-order valence-corrected chi connectivity index (χ2v) is 5.35. The molecule has 2 aromatic carbocycles. The Bertz CT molecular complexity index is 641. The van der Waals surface area contributed by atoms with Crippen molar-refractivity contribution in [3.8, 4) is 0 Å². The fraction of sp³-hybridized carbons (Fsp3) is 0.200. The van der Waals surface area contributed by atoms with Gasteiger partial charge in [-0.3, -0.25) is 0 Å². The Morgan fingerprint density at radius 2 is 1.71 bits per heavy atom.